The van der Waals surface area contributed by atoms with Crippen LogP contribution in [0, 0.1) is 11.3 Å². The number of hydrogen-bond donors (Lipinski definition) is 0. The molecule has 24 heavy (non-hydrogen) atoms. The van der Waals surface area contributed by atoms with Gasteiger partial charge in [-0.2, -0.15) is 0 Å². The van der Waals surface area contributed by atoms with Crippen LogP contribution in [-0.2, 0) is 14.3 Å². The molecule has 0 radical (unpaired) electrons. The number of methoxy groups -OCH3 is 2. The van der Waals surface area contributed by atoms with Crippen molar-refractivity contribution in [3.8, 4) is 0 Å². The first kappa shape index (κ1) is 16.3. The van der Waals surface area contributed by atoms with Crippen molar-refractivity contribution in [2.75, 3.05) is 21.3 Å². The Hall–Kier alpha value is -2.56. The number of Topliss-reactive ketones (excluding diaryl/α,β-unsaturated/α-hetero) is 1. The third-order valence-electron chi connectivity index (χ3n) is 4.97. The molecular weight excluding hydrogens is 306 g/mol. The number of hydrogen-bond acceptors (Lipinski definition) is 4. The van der Waals surface area contributed by atoms with E-state index in [0.29, 0.717) is 29.9 Å². The van der Waals surface area contributed by atoms with Crippen LogP contribution in [0.15, 0.2) is 54.1 Å². The zero-order chi connectivity index (χ0) is 17.3. The fraction of sp³-hybridized carbons (Fsp3) is 0.368. The highest BCUT2D eigenvalue weighted by atomic mass is 16.5. The van der Waals surface area contributed by atoms with Gasteiger partial charge in [-0.3, -0.25) is 9.59 Å². The van der Waals surface area contributed by atoms with Crippen molar-refractivity contribution in [3.63, 3.8) is 0 Å². The monoisotopic (exact) mass is 327 g/mol. The molecule has 0 N–H and O–H groups in total. The Morgan fingerprint density at radius 1 is 1.17 bits per heavy atom. The molecule has 0 spiro atoms. The second-order valence-electron chi connectivity index (χ2n) is 6.19. The quantitative estimate of drug-likeness (QED) is 0.798. The predicted octanol–water partition coefficient (Wildman–Crippen LogP) is 2.76. The van der Waals surface area contributed by atoms with Gasteiger partial charge in [-0.25, -0.2) is 0 Å². The van der Waals surface area contributed by atoms with Gasteiger partial charge in [-0.1, -0.05) is 36.4 Å². The SMILES string of the molecule is COC1=C(OC)C[C@]2(C(=O)c3ccccc3)C=CN(C)C(=O)[C@@H]2C1. The first-order chi connectivity index (χ1) is 11.5. The highest BCUT2D eigenvalue weighted by molar-refractivity contribution is 6.05. The van der Waals surface area contributed by atoms with Gasteiger partial charge in [0.1, 0.15) is 11.5 Å². The third-order valence-corrected chi connectivity index (χ3v) is 4.97. The molecule has 0 bridgehead atoms. The molecule has 1 aliphatic heterocycles. The molecule has 1 aromatic rings. The van der Waals surface area contributed by atoms with Gasteiger partial charge >= 0.3 is 0 Å². The molecule has 5 nitrogen and oxygen atoms in total. The zero-order valence-electron chi connectivity index (χ0n) is 14.1. The van der Waals surface area contributed by atoms with Gasteiger partial charge in [0.25, 0.3) is 0 Å². The standard InChI is InChI=1S/C19H21NO4/c1-20-10-9-19(17(21)13-7-5-4-6-8-13)12-16(24-3)15(23-2)11-14(19)18(20)22/h4-10,14H,11-12H2,1-3H3/t14-,19+/m0/s1. The van der Waals surface area contributed by atoms with Crippen LogP contribution in [0.25, 0.3) is 0 Å². The van der Waals surface area contributed by atoms with E-state index in [0.717, 1.165) is 0 Å². The molecule has 3 rings (SSSR count). The normalized spacial score (nSPS) is 26.2. The van der Waals surface area contributed by atoms with Crippen LogP contribution in [0.4, 0.5) is 0 Å². The molecule has 5 heteroatoms. The number of benzene rings is 1. The van der Waals surface area contributed by atoms with Crippen molar-refractivity contribution in [1.82, 2.24) is 4.90 Å². The topological polar surface area (TPSA) is 55.8 Å². The number of fused-ring (bicyclic) bond motifs is 1. The van der Waals surface area contributed by atoms with Crippen molar-refractivity contribution >= 4 is 11.7 Å². The second kappa shape index (κ2) is 6.15. The molecule has 0 fully saturated rings. The summed E-state index contributed by atoms with van der Waals surface area (Å²) in [6.45, 7) is 0. The number of allylic oxidation sites excluding steroid dienone is 3. The van der Waals surface area contributed by atoms with Crippen molar-refractivity contribution in [3.05, 3.63) is 59.7 Å². The molecule has 0 saturated carbocycles. The van der Waals surface area contributed by atoms with Crippen LogP contribution >= 0.6 is 0 Å². The maximum absolute atomic E-state index is 13.3. The maximum atomic E-state index is 13.3. The Bertz CT molecular complexity index is 722. The first-order valence-corrected chi connectivity index (χ1v) is 7.89. The molecule has 1 amide bonds. The zero-order valence-corrected chi connectivity index (χ0v) is 14.1. The van der Waals surface area contributed by atoms with Crippen molar-refractivity contribution in [2.24, 2.45) is 11.3 Å². The Kier molecular flexibility index (Phi) is 4.18. The van der Waals surface area contributed by atoms with E-state index in [4.69, 9.17) is 9.47 Å². The van der Waals surface area contributed by atoms with Gasteiger partial charge < -0.3 is 14.4 Å². The molecule has 1 heterocycles. The molecular formula is C19H21NO4. The highest BCUT2D eigenvalue weighted by Gasteiger charge is 2.54. The van der Waals surface area contributed by atoms with Crippen LogP contribution in [-0.4, -0.2) is 37.9 Å². The molecule has 1 aromatic carbocycles. The Morgan fingerprint density at radius 3 is 2.46 bits per heavy atom. The summed E-state index contributed by atoms with van der Waals surface area (Å²) in [5.41, 5.74) is -0.334. The van der Waals surface area contributed by atoms with Gasteiger partial charge in [-0.15, -0.1) is 0 Å². The first-order valence-electron chi connectivity index (χ1n) is 7.89. The van der Waals surface area contributed by atoms with Gasteiger partial charge in [0, 0.05) is 31.7 Å². The highest BCUT2D eigenvalue weighted by Crippen LogP contribution is 2.49. The van der Waals surface area contributed by atoms with E-state index in [1.54, 1.807) is 39.6 Å². The van der Waals surface area contributed by atoms with E-state index in [1.165, 1.54) is 4.90 Å². The predicted molar refractivity (Wildman–Crippen MR) is 88.9 cm³/mol. The minimum atomic E-state index is -0.932. The fourth-order valence-electron chi connectivity index (χ4n) is 3.57. The largest absolute Gasteiger partial charge is 0.498 e. The maximum Gasteiger partial charge on any atom is 0.231 e. The number of ketones is 1. The Labute approximate surface area is 141 Å². The summed E-state index contributed by atoms with van der Waals surface area (Å²) in [7, 11) is 4.83. The lowest BCUT2D eigenvalue weighted by molar-refractivity contribution is -0.136. The van der Waals surface area contributed by atoms with E-state index in [-0.39, 0.29) is 11.7 Å². The molecule has 2 atom stereocenters. The van der Waals surface area contributed by atoms with Crippen LogP contribution in [0.2, 0.25) is 0 Å². The number of nitrogens with zero attached hydrogens (tertiary/aromatic N) is 1. The van der Waals surface area contributed by atoms with Gasteiger partial charge in [-0.05, 0) is 0 Å². The van der Waals surface area contributed by atoms with Crippen LogP contribution < -0.4 is 0 Å². The number of ether oxygens (including phenoxy) is 2. The lowest BCUT2D eigenvalue weighted by Crippen LogP contribution is -2.50. The summed E-state index contributed by atoms with van der Waals surface area (Å²) in [6.07, 6.45) is 4.21. The van der Waals surface area contributed by atoms with E-state index in [9.17, 15) is 9.59 Å². The summed E-state index contributed by atoms with van der Waals surface area (Å²) in [5.74, 6) is 0.632. The van der Waals surface area contributed by atoms with Gasteiger partial charge in [0.15, 0.2) is 5.78 Å². The fourth-order valence-corrected chi connectivity index (χ4v) is 3.57. The summed E-state index contributed by atoms with van der Waals surface area (Å²) >= 11 is 0. The molecule has 1 aliphatic carbocycles. The number of rotatable bonds is 4. The lowest BCUT2D eigenvalue weighted by atomic mass is 9.62. The van der Waals surface area contributed by atoms with Crippen molar-refractivity contribution < 1.29 is 19.1 Å². The number of amides is 1. The molecule has 126 valence electrons. The van der Waals surface area contributed by atoms with Crippen LogP contribution in [0.3, 0.4) is 0 Å². The van der Waals surface area contributed by atoms with E-state index in [1.807, 2.05) is 24.3 Å². The summed E-state index contributed by atoms with van der Waals surface area (Å²) in [5, 5.41) is 0. The van der Waals surface area contributed by atoms with E-state index in [2.05, 4.69) is 0 Å². The number of carbonyl (C=O) groups excluding carboxylic acids is 2. The van der Waals surface area contributed by atoms with Crippen LogP contribution in [0.5, 0.6) is 0 Å². The number of carbonyl (C=O) groups is 2. The van der Waals surface area contributed by atoms with Gasteiger partial charge in [0.2, 0.25) is 5.91 Å². The molecule has 2 aliphatic rings. The van der Waals surface area contributed by atoms with Crippen LogP contribution in [0.1, 0.15) is 23.2 Å². The van der Waals surface area contributed by atoms with Gasteiger partial charge in [0.05, 0.1) is 25.6 Å². The molecule has 0 saturated heterocycles. The summed E-state index contributed by atoms with van der Waals surface area (Å²) in [6, 6.07) is 9.09. The smallest absolute Gasteiger partial charge is 0.231 e. The third kappa shape index (κ3) is 2.40. The minimum Gasteiger partial charge on any atom is -0.498 e. The lowest BCUT2D eigenvalue weighted by Gasteiger charge is -2.44. The van der Waals surface area contributed by atoms with Crippen molar-refractivity contribution in [1.29, 1.82) is 0 Å². The van der Waals surface area contributed by atoms with Crippen molar-refractivity contribution in [2.45, 2.75) is 12.8 Å². The average Bonchev–Trinajstić information content (AvgIpc) is 2.64. The summed E-state index contributed by atoms with van der Waals surface area (Å²) in [4.78, 5) is 27.6. The van der Waals surface area contributed by atoms with E-state index >= 15 is 0 Å². The second-order valence-corrected chi connectivity index (χ2v) is 6.19. The molecule has 0 aromatic heterocycles. The summed E-state index contributed by atoms with van der Waals surface area (Å²) < 4.78 is 10.9. The minimum absolute atomic E-state index is 0.0597. The Morgan fingerprint density at radius 2 is 1.83 bits per heavy atom. The van der Waals surface area contributed by atoms with E-state index < -0.39 is 11.3 Å². The average molecular weight is 327 g/mol. The molecule has 0 unspecified atom stereocenters. The Balaban J connectivity index is 2.13.